The maximum atomic E-state index is 12.7. The number of hydrogen-bond acceptors (Lipinski definition) is 15. The standard InChI is InChI=1S/C20H23NO4.C17H19NO4.C16H17NO4.C4H7Br.CH3I/c22-13-4-3-12-9-15-20(24)6-5-14(23)18-19(20,16(12)17(13)25-18)7-8-21(15)10-11-1-2-11;1-18-7-6-16-13-9-2-3-10(19)14(13)22-15(16)11(20)4-5-17(16,21)12(18)8-9;18-9-2-1-8-7-11-16(20)4-3-10(19)14-15(16,5-6-17-11)12(8)13(9)21-14;5-3-4-1-2-4;1-2/h3-4,11,15,18,22,24H,1-2,5-10H2;2-3,12,15,19,21H,4-8H2,1H3;1-2,11,14,17-18,20H,3-7H2;4H,1-3H2;1H3. The van der Waals surface area contributed by atoms with E-state index in [4.69, 9.17) is 14.2 Å². The number of phenolic OH excluding ortho intramolecular Hbond substituents is 3. The van der Waals surface area contributed by atoms with Crippen molar-refractivity contribution in [2.24, 2.45) is 11.8 Å². The number of nitrogens with zero attached hydrogens (tertiary/aromatic N) is 2. The van der Waals surface area contributed by atoms with Crippen molar-refractivity contribution < 1.29 is 59.2 Å². The van der Waals surface area contributed by atoms with Crippen LogP contribution in [0.1, 0.15) is 117 Å². The van der Waals surface area contributed by atoms with Gasteiger partial charge in [0.2, 0.25) is 0 Å². The fourth-order valence-corrected chi connectivity index (χ4v) is 17.9. The molecule has 12 atom stereocenters. The second-order valence-electron chi connectivity index (χ2n) is 24.3. The number of Topliss-reactive ketones (excluding diaryl/α,β-unsaturated/α-hetero) is 3. The smallest absolute Gasteiger partial charge is 0.174 e. The average molecular weight is 1210 g/mol. The summed E-state index contributed by atoms with van der Waals surface area (Å²) in [7, 11) is 2.04. The van der Waals surface area contributed by atoms with Gasteiger partial charge in [0, 0.05) is 66.0 Å². The number of ether oxygens (including phenoxy) is 3. The second-order valence-corrected chi connectivity index (χ2v) is 25.0. The Bertz CT molecular complexity index is 2920. The topological polar surface area (TPSA) is 219 Å². The van der Waals surface area contributed by atoms with Gasteiger partial charge < -0.3 is 55.1 Å². The number of hydrogen-bond donors (Lipinski definition) is 7. The molecule has 8 aliphatic carbocycles. The highest BCUT2D eigenvalue weighted by atomic mass is 127. The molecule has 3 spiro atoms. The summed E-state index contributed by atoms with van der Waals surface area (Å²) in [4.78, 5) is 44.3. The molecule has 5 saturated carbocycles. The summed E-state index contributed by atoms with van der Waals surface area (Å²) in [5.41, 5.74) is 1.16. The predicted octanol–water partition coefficient (Wildman–Crippen LogP) is 5.52. The van der Waals surface area contributed by atoms with Crippen molar-refractivity contribution in [2.45, 2.75) is 172 Å². The molecule has 0 radical (unpaired) electrons. The Morgan fingerprint density at radius 3 is 1.48 bits per heavy atom. The molecule has 15 nitrogen and oxygen atoms in total. The maximum absolute atomic E-state index is 12.7. The number of ketones is 3. The van der Waals surface area contributed by atoms with E-state index in [0.717, 1.165) is 90.7 Å². The molecule has 402 valence electrons. The molecule has 17 rings (SSSR count). The van der Waals surface area contributed by atoms with Gasteiger partial charge in [-0.05, 0) is 162 Å². The predicted molar refractivity (Wildman–Crippen MR) is 288 cm³/mol. The summed E-state index contributed by atoms with van der Waals surface area (Å²) in [5.74, 6) is 3.54. The number of carbonyl (C=O) groups is 3. The number of carbonyl (C=O) groups excluding carboxylic acids is 3. The van der Waals surface area contributed by atoms with Crippen LogP contribution in [-0.2, 0) is 49.9 Å². The van der Waals surface area contributed by atoms with E-state index < -0.39 is 51.4 Å². The van der Waals surface area contributed by atoms with Crippen molar-refractivity contribution in [3.63, 3.8) is 0 Å². The minimum Gasteiger partial charge on any atom is -0.504 e. The van der Waals surface area contributed by atoms with Crippen LogP contribution in [0, 0.1) is 11.8 Å². The number of aliphatic hydroxyl groups is 3. The van der Waals surface area contributed by atoms with E-state index in [1.54, 1.807) is 18.2 Å². The summed E-state index contributed by atoms with van der Waals surface area (Å²) in [6.45, 7) is 3.54. The van der Waals surface area contributed by atoms with Crippen LogP contribution in [0.5, 0.6) is 34.5 Å². The van der Waals surface area contributed by atoms with Crippen LogP contribution in [0.25, 0.3) is 0 Å². The lowest BCUT2D eigenvalue weighted by atomic mass is 9.49. The van der Waals surface area contributed by atoms with E-state index in [-0.39, 0.29) is 52.7 Å². The first-order valence-corrected chi connectivity index (χ1v) is 30.7. The molecule has 0 aromatic heterocycles. The first-order chi connectivity index (χ1) is 36.0. The van der Waals surface area contributed by atoms with Crippen molar-refractivity contribution >= 4 is 55.9 Å². The molecule has 14 aliphatic rings. The third-order valence-corrected chi connectivity index (χ3v) is 22.0. The SMILES string of the molecule is BrCC1CC1.CI.CN1CCC23c4c5ccc(O)c4OC2C(=O)CCC3(O)C1C5.O=C1CCC2(O)C3Cc4ccc(O)c5c4C2(CCN3)C1O5.O=C1CCC2(O)C3Cc4ccc(O)c5c4C2(CCN3CC2CC2)C1O5. The van der Waals surface area contributed by atoms with Crippen molar-refractivity contribution in [3.05, 3.63) is 69.8 Å². The lowest BCUT2D eigenvalue weighted by molar-refractivity contribution is -0.188. The lowest BCUT2D eigenvalue weighted by Crippen LogP contribution is -2.76. The van der Waals surface area contributed by atoms with Gasteiger partial charge in [-0.2, -0.15) is 0 Å². The van der Waals surface area contributed by atoms with E-state index in [2.05, 4.69) is 53.6 Å². The van der Waals surface area contributed by atoms with Gasteiger partial charge in [0.25, 0.3) is 0 Å². The molecule has 6 bridgehead atoms. The van der Waals surface area contributed by atoms with Gasteiger partial charge in [0.05, 0.1) is 33.0 Å². The van der Waals surface area contributed by atoms with E-state index in [0.29, 0.717) is 75.0 Å². The molecular formula is C58H69BrIN3O12. The van der Waals surface area contributed by atoms with Crippen molar-refractivity contribution in [2.75, 3.05) is 43.5 Å². The van der Waals surface area contributed by atoms with Crippen LogP contribution < -0.4 is 19.5 Å². The quantitative estimate of drug-likeness (QED) is 0.127. The number of piperidine rings is 3. The second kappa shape index (κ2) is 17.7. The van der Waals surface area contributed by atoms with Crippen LogP contribution >= 0.6 is 38.5 Å². The monoisotopic (exact) mass is 1210 g/mol. The highest BCUT2D eigenvalue weighted by Crippen LogP contribution is 2.67. The Balaban J connectivity index is 0.000000102. The van der Waals surface area contributed by atoms with Gasteiger partial charge in [-0.1, -0.05) is 56.7 Å². The Hall–Kier alpha value is -3.56. The molecule has 0 amide bonds. The molecule has 3 aromatic carbocycles. The third kappa shape index (κ3) is 6.73. The zero-order valence-corrected chi connectivity index (χ0v) is 46.5. The molecular weight excluding hydrogens is 1140 g/mol. The van der Waals surface area contributed by atoms with Gasteiger partial charge in [-0.15, -0.1) is 0 Å². The Morgan fingerprint density at radius 2 is 1.01 bits per heavy atom. The van der Waals surface area contributed by atoms with Gasteiger partial charge >= 0.3 is 0 Å². The van der Waals surface area contributed by atoms with Crippen molar-refractivity contribution in [3.8, 4) is 34.5 Å². The summed E-state index contributed by atoms with van der Waals surface area (Å²) in [5, 5.41) is 70.4. The summed E-state index contributed by atoms with van der Waals surface area (Å²) in [6, 6.07) is 10.7. The number of aromatic hydroxyl groups is 3. The molecule has 6 aliphatic heterocycles. The molecule has 75 heavy (non-hydrogen) atoms. The van der Waals surface area contributed by atoms with Crippen LogP contribution in [0.15, 0.2) is 36.4 Å². The van der Waals surface area contributed by atoms with Crippen LogP contribution in [0.3, 0.4) is 0 Å². The van der Waals surface area contributed by atoms with Crippen LogP contribution in [-0.4, -0.2) is 155 Å². The number of likely N-dealkylation sites (tertiary alicyclic amines) is 2. The first-order valence-electron chi connectivity index (χ1n) is 27.5. The first kappa shape index (κ1) is 50.9. The number of halogens is 2. The van der Waals surface area contributed by atoms with Gasteiger partial charge in [0.1, 0.15) is 0 Å². The van der Waals surface area contributed by atoms with Crippen molar-refractivity contribution in [1.82, 2.24) is 15.1 Å². The van der Waals surface area contributed by atoms with E-state index in [9.17, 15) is 45.0 Å². The molecule has 12 unspecified atom stereocenters. The molecule has 6 heterocycles. The van der Waals surface area contributed by atoms with Crippen LogP contribution in [0.2, 0.25) is 0 Å². The normalized spacial score (nSPS) is 39.6. The minimum atomic E-state index is -0.962. The Kier molecular flexibility index (Phi) is 12.0. The van der Waals surface area contributed by atoms with E-state index in [1.165, 1.54) is 31.0 Å². The average Bonchev–Trinajstić information content (AvgIpc) is 4.32. The molecule has 8 fully saturated rings. The van der Waals surface area contributed by atoms with Gasteiger partial charge in [-0.3, -0.25) is 19.3 Å². The molecule has 17 heteroatoms. The fraction of sp³-hybridized carbons (Fsp3) is 0.638. The summed E-state index contributed by atoms with van der Waals surface area (Å²) in [6.07, 6.45) is 10.4. The number of alkyl halides is 2. The zero-order chi connectivity index (χ0) is 52.4. The van der Waals surface area contributed by atoms with Crippen molar-refractivity contribution in [1.29, 1.82) is 0 Å². The zero-order valence-electron chi connectivity index (χ0n) is 42.7. The van der Waals surface area contributed by atoms with Gasteiger partial charge in [0.15, 0.2) is 70.2 Å². The maximum Gasteiger partial charge on any atom is 0.174 e. The largest absolute Gasteiger partial charge is 0.504 e. The van der Waals surface area contributed by atoms with E-state index in [1.807, 2.05) is 30.2 Å². The number of phenols is 3. The summed E-state index contributed by atoms with van der Waals surface area (Å²) >= 11 is 5.53. The fourth-order valence-electron chi connectivity index (χ4n) is 17.3. The highest BCUT2D eigenvalue weighted by molar-refractivity contribution is 14.1. The van der Waals surface area contributed by atoms with E-state index >= 15 is 0 Å². The molecule has 3 saturated heterocycles. The number of rotatable bonds is 3. The summed E-state index contributed by atoms with van der Waals surface area (Å²) < 4.78 is 17.9. The minimum absolute atomic E-state index is 0.00319. The number of benzene rings is 3. The third-order valence-electron chi connectivity index (χ3n) is 21.1. The van der Waals surface area contributed by atoms with Crippen LogP contribution in [0.4, 0.5) is 0 Å². The Labute approximate surface area is 459 Å². The highest BCUT2D eigenvalue weighted by Gasteiger charge is 2.75. The molecule has 3 aromatic rings. The number of nitrogens with one attached hydrogen (secondary N) is 1. The lowest BCUT2D eigenvalue weighted by Gasteiger charge is -2.62. The van der Waals surface area contributed by atoms with Gasteiger partial charge in [-0.25, -0.2) is 0 Å². The molecule has 7 N–H and O–H groups in total. The Morgan fingerprint density at radius 1 is 0.587 bits per heavy atom. The number of likely N-dealkylation sites (N-methyl/N-ethyl adjacent to an activating group) is 1.